The fraction of sp³-hybridized carbons (Fsp3) is 0.375. The Labute approximate surface area is 180 Å². The normalized spacial score (nSPS) is 19.8. The minimum absolute atomic E-state index is 0.0790. The van der Waals surface area contributed by atoms with Gasteiger partial charge < -0.3 is 15.1 Å². The van der Waals surface area contributed by atoms with Crippen LogP contribution in [0.15, 0.2) is 48.5 Å². The molecule has 2 aliphatic carbocycles. The first-order chi connectivity index (χ1) is 15.0. The average molecular weight is 421 g/mol. The number of nitrogens with zero attached hydrogens (tertiary/aromatic N) is 2. The summed E-state index contributed by atoms with van der Waals surface area (Å²) < 4.78 is 14.1. The maximum Gasteiger partial charge on any atom is 0.255 e. The van der Waals surface area contributed by atoms with Crippen molar-refractivity contribution in [2.75, 3.05) is 6.54 Å². The molecule has 2 aromatic carbocycles. The summed E-state index contributed by atoms with van der Waals surface area (Å²) in [6.45, 7) is 0.0140. The molecule has 1 N–H and O–H groups in total. The number of benzene rings is 2. The van der Waals surface area contributed by atoms with Crippen molar-refractivity contribution in [3.8, 4) is 0 Å². The van der Waals surface area contributed by atoms with Crippen LogP contribution in [0, 0.1) is 5.82 Å². The van der Waals surface area contributed by atoms with Crippen LogP contribution in [0.5, 0.6) is 0 Å². The third-order valence-electron chi connectivity index (χ3n) is 6.21. The predicted molar refractivity (Wildman–Crippen MR) is 111 cm³/mol. The maximum atomic E-state index is 14.1. The minimum atomic E-state index is -0.704. The fourth-order valence-corrected chi connectivity index (χ4v) is 4.31. The molecule has 1 aliphatic heterocycles. The summed E-state index contributed by atoms with van der Waals surface area (Å²) in [4.78, 5) is 42.1. The molecule has 7 heteroatoms. The van der Waals surface area contributed by atoms with Crippen LogP contribution in [0.25, 0.3) is 0 Å². The number of hydrogen-bond acceptors (Lipinski definition) is 3. The molecule has 6 nitrogen and oxygen atoms in total. The molecule has 2 saturated carbocycles. The molecular formula is C24H24FN3O3. The summed E-state index contributed by atoms with van der Waals surface area (Å²) in [6.07, 6.45) is 3.54. The molecular weight excluding hydrogens is 397 g/mol. The molecule has 0 aromatic heterocycles. The van der Waals surface area contributed by atoms with E-state index in [0.717, 1.165) is 25.7 Å². The highest BCUT2D eigenvalue weighted by molar-refractivity contribution is 6.05. The summed E-state index contributed by atoms with van der Waals surface area (Å²) in [5, 5.41) is 2.74. The van der Waals surface area contributed by atoms with Crippen molar-refractivity contribution in [3.63, 3.8) is 0 Å². The van der Waals surface area contributed by atoms with Gasteiger partial charge in [-0.25, -0.2) is 4.39 Å². The summed E-state index contributed by atoms with van der Waals surface area (Å²) in [7, 11) is 0. The van der Waals surface area contributed by atoms with E-state index >= 15 is 0 Å². The van der Waals surface area contributed by atoms with E-state index in [-0.39, 0.29) is 48.7 Å². The van der Waals surface area contributed by atoms with Gasteiger partial charge in [0.25, 0.3) is 5.91 Å². The molecule has 2 fully saturated rings. The Bertz CT molecular complexity index is 1050. The third kappa shape index (κ3) is 3.80. The van der Waals surface area contributed by atoms with Crippen LogP contribution in [-0.4, -0.2) is 46.1 Å². The molecule has 31 heavy (non-hydrogen) atoms. The van der Waals surface area contributed by atoms with Crippen LogP contribution in [-0.2, 0) is 16.1 Å². The number of rotatable bonds is 7. The van der Waals surface area contributed by atoms with Crippen LogP contribution in [0.1, 0.15) is 53.2 Å². The van der Waals surface area contributed by atoms with Gasteiger partial charge in [-0.3, -0.25) is 14.4 Å². The molecule has 1 unspecified atom stereocenters. The molecule has 3 aliphatic rings. The van der Waals surface area contributed by atoms with E-state index in [1.807, 2.05) is 6.07 Å². The lowest BCUT2D eigenvalue weighted by Crippen LogP contribution is -2.45. The topological polar surface area (TPSA) is 69.7 Å². The number of fused-ring (bicyclic) bond motifs is 1. The number of carbonyl (C=O) groups excluding carboxylic acids is 3. The van der Waals surface area contributed by atoms with Crippen LogP contribution < -0.4 is 5.32 Å². The number of carbonyl (C=O) groups is 3. The Kier molecular flexibility index (Phi) is 4.96. The maximum absolute atomic E-state index is 14.1. The van der Waals surface area contributed by atoms with E-state index in [1.54, 1.807) is 46.2 Å². The Hall–Kier alpha value is -3.22. The minimum Gasteiger partial charge on any atom is -0.345 e. The highest BCUT2D eigenvalue weighted by Gasteiger charge is 2.47. The SMILES string of the molecule is O=C(NCC(=O)N(Cc1ccccc1F)C1CC1)C1c2ccccc2C(=O)N1C1CC1. The summed E-state index contributed by atoms with van der Waals surface area (Å²) in [5.41, 5.74) is 1.71. The molecule has 160 valence electrons. The molecule has 0 saturated heterocycles. The molecule has 0 radical (unpaired) electrons. The van der Waals surface area contributed by atoms with Crippen LogP contribution in [0.4, 0.5) is 4.39 Å². The van der Waals surface area contributed by atoms with Crippen molar-refractivity contribution in [1.29, 1.82) is 0 Å². The zero-order chi connectivity index (χ0) is 21.5. The first-order valence-corrected chi connectivity index (χ1v) is 10.8. The number of amides is 3. The van der Waals surface area contributed by atoms with Gasteiger partial charge in [0.1, 0.15) is 11.9 Å². The summed E-state index contributed by atoms with van der Waals surface area (Å²) in [5.74, 6) is -1.05. The second-order valence-corrected chi connectivity index (χ2v) is 8.50. The van der Waals surface area contributed by atoms with Crippen LogP contribution >= 0.6 is 0 Å². The highest BCUT2D eigenvalue weighted by Crippen LogP contribution is 2.41. The molecule has 1 heterocycles. The largest absolute Gasteiger partial charge is 0.345 e. The van der Waals surface area contributed by atoms with Crippen molar-refractivity contribution in [3.05, 3.63) is 71.0 Å². The molecule has 1 atom stereocenters. The number of halogens is 1. The second kappa shape index (κ2) is 7.80. The lowest BCUT2D eigenvalue weighted by molar-refractivity contribution is -0.135. The fourth-order valence-electron chi connectivity index (χ4n) is 4.31. The van der Waals surface area contributed by atoms with E-state index in [1.165, 1.54) is 6.07 Å². The lowest BCUT2D eigenvalue weighted by atomic mass is 10.0. The van der Waals surface area contributed by atoms with Crippen LogP contribution in [0.3, 0.4) is 0 Å². The van der Waals surface area contributed by atoms with E-state index in [0.29, 0.717) is 16.7 Å². The van der Waals surface area contributed by atoms with Gasteiger partial charge in [-0.2, -0.15) is 0 Å². The zero-order valence-corrected chi connectivity index (χ0v) is 17.1. The molecule has 0 spiro atoms. The third-order valence-corrected chi connectivity index (χ3v) is 6.21. The van der Waals surface area contributed by atoms with E-state index in [2.05, 4.69) is 5.32 Å². The van der Waals surface area contributed by atoms with E-state index < -0.39 is 6.04 Å². The van der Waals surface area contributed by atoms with Gasteiger partial charge in [-0.1, -0.05) is 36.4 Å². The first-order valence-electron chi connectivity index (χ1n) is 10.8. The van der Waals surface area contributed by atoms with Crippen molar-refractivity contribution in [2.24, 2.45) is 0 Å². The van der Waals surface area contributed by atoms with Gasteiger partial charge in [0.05, 0.1) is 6.54 Å². The van der Waals surface area contributed by atoms with Gasteiger partial charge in [-0.05, 0) is 43.4 Å². The standard InChI is InChI=1S/C24H24FN3O3/c25-20-8-4-1-5-15(20)14-27(16-9-10-16)21(29)13-26-23(30)22-18-6-2-3-7-19(18)24(31)28(22)17-11-12-17/h1-8,16-17,22H,9-14H2,(H,26,30). The van der Waals surface area contributed by atoms with Crippen molar-refractivity contribution < 1.29 is 18.8 Å². The Morgan fingerprint density at radius 2 is 1.74 bits per heavy atom. The van der Waals surface area contributed by atoms with Gasteiger partial charge in [0.15, 0.2) is 0 Å². The Balaban J connectivity index is 1.28. The summed E-state index contributed by atoms with van der Waals surface area (Å²) >= 11 is 0. The van der Waals surface area contributed by atoms with Gasteiger partial charge >= 0.3 is 0 Å². The zero-order valence-electron chi connectivity index (χ0n) is 17.1. The van der Waals surface area contributed by atoms with Gasteiger partial charge in [0, 0.05) is 29.8 Å². The Morgan fingerprint density at radius 1 is 1.03 bits per heavy atom. The molecule has 3 amide bonds. The molecule has 0 bridgehead atoms. The average Bonchev–Trinajstić information content (AvgIpc) is 3.69. The molecule has 2 aromatic rings. The lowest BCUT2D eigenvalue weighted by Gasteiger charge is -2.26. The van der Waals surface area contributed by atoms with Crippen molar-refractivity contribution >= 4 is 17.7 Å². The smallest absolute Gasteiger partial charge is 0.255 e. The van der Waals surface area contributed by atoms with Gasteiger partial charge in [0.2, 0.25) is 11.8 Å². The number of nitrogens with one attached hydrogen (secondary N) is 1. The van der Waals surface area contributed by atoms with Crippen LogP contribution in [0.2, 0.25) is 0 Å². The predicted octanol–water partition coefficient (Wildman–Crippen LogP) is 2.79. The highest BCUT2D eigenvalue weighted by atomic mass is 19.1. The number of hydrogen-bond donors (Lipinski definition) is 1. The van der Waals surface area contributed by atoms with Crippen molar-refractivity contribution in [1.82, 2.24) is 15.1 Å². The molecule has 5 rings (SSSR count). The monoisotopic (exact) mass is 421 g/mol. The summed E-state index contributed by atoms with van der Waals surface area (Å²) in [6, 6.07) is 13.0. The second-order valence-electron chi connectivity index (χ2n) is 8.50. The van der Waals surface area contributed by atoms with Gasteiger partial charge in [-0.15, -0.1) is 0 Å². The first kappa shape index (κ1) is 19.7. The quantitative estimate of drug-likeness (QED) is 0.748. The van der Waals surface area contributed by atoms with Crippen molar-refractivity contribution in [2.45, 2.75) is 50.4 Å². The van der Waals surface area contributed by atoms with E-state index in [4.69, 9.17) is 0 Å². The van der Waals surface area contributed by atoms with E-state index in [9.17, 15) is 18.8 Å². The Morgan fingerprint density at radius 3 is 2.45 bits per heavy atom.